The SMILES string of the molecule is Cn1ncc(CC(=O)C2(C)CCCO2)n1. The van der Waals surface area contributed by atoms with Crippen LogP contribution in [0.15, 0.2) is 6.20 Å². The first-order chi connectivity index (χ1) is 7.10. The van der Waals surface area contributed by atoms with Crippen LogP contribution in [0.3, 0.4) is 0 Å². The number of hydrogen-bond acceptors (Lipinski definition) is 4. The van der Waals surface area contributed by atoms with Crippen LogP contribution in [0.2, 0.25) is 0 Å². The van der Waals surface area contributed by atoms with Gasteiger partial charge in [0.1, 0.15) is 5.60 Å². The Hall–Kier alpha value is -1.23. The number of carbonyl (C=O) groups excluding carboxylic acids is 1. The minimum absolute atomic E-state index is 0.0977. The lowest BCUT2D eigenvalue weighted by molar-refractivity contribution is -0.136. The number of aryl methyl sites for hydroxylation is 1. The van der Waals surface area contributed by atoms with Crippen LogP contribution in [0.5, 0.6) is 0 Å². The standard InChI is InChI=1S/C10H15N3O2/c1-10(4-3-5-15-10)9(14)6-8-7-11-13(2)12-8/h7H,3-6H2,1-2H3. The second-order valence-corrected chi connectivity index (χ2v) is 4.11. The Morgan fingerprint density at radius 3 is 3.07 bits per heavy atom. The van der Waals surface area contributed by atoms with Crippen molar-refractivity contribution in [2.75, 3.05) is 6.61 Å². The van der Waals surface area contributed by atoms with Gasteiger partial charge in [-0.1, -0.05) is 0 Å². The van der Waals surface area contributed by atoms with Crippen molar-refractivity contribution < 1.29 is 9.53 Å². The summed E-state index contributed by atoms with van der Waals surface area (Å²) in [5.41, 5.74) is 0.108. The molecule has 82 valence electrons. The van der Waals surface area contributed by atoms with Crippen LogP contribution in [0.4, 0.5) is 0 Å². The third-order valence-corrected chi connectivity index (χ3v) is 2.80. The molecular weight excluding hydrogens is 194 g/mol. The molecule has 0 amide bonds. The van der Waals surface area contributed by atoms with Crippen molar-refractivity contribution in [2.24, 2.45) is 7.05 Å². The van der Waals surface area contributed by atoms with Crippen LogP contribution in [0.1, 0.15) is 25.5 Å². The predicted molar refractivity (Wildman–Crippen MR) is 53.3 cm³/mol. The highest BCUT2D eigenvalue weighted by Gasteiger charge is 2.37. The maximum atomic E-state index is 11.9. The van der Waals surface area contributed by atoms with Crippen molar-refractivity contribution in [3.63, 3.8) is 0 Å². The van der Waals surface area contributed by atoms with E-state index in [9.17, 15) is 4.79 Å². The molecule has 1 saturated heterocycles. The van der Waals surface area contributed by atoms with Crippen molar-refractivity contribution in [1.29, 1.82) is 0 Å². The van der Waals surface area contributed by atoms with E-state index in [2.05, 4.69) is 10.2 Å². The average molecular weight is 209 g/mol. The zero-order valence-electron chi connectivity index (χ0n) is 9.06. The molecule has 0 saturated carbocycles. The first-order valence-corrected chi connectivity index (χ1v) is 5.13. The molecule has 1 aliphatic rings. The molecule has 1 aliphatic heterocycles. The highest BCUT2D eigenvalue weighted by molar-refractivity contribution is 5.88. The monoisotopic (exact) mass is 209 g/mol. The van der Waals surface area contributed by atoms with Gasteiger partial charge in [0.05, 0.1) is 18.3 Å². The molecule has 1 aromatic rings. The average Bonchev–Trinajstić information content (AvgIpc) is 2.76. The van der Waals surface area contributed by atoms with E-state index in [-0.39, 0.29) is 5.78 Å². The summed E-state index contributed by atoms with van der Waals surface area (Å²) in [6.07, 6.45) is 3.70. The van der Waals surface area contributed by atoms with Gasteiger partial charge in [-0.05, 0) is 19.8 Å². The van der Waals surface area contributed by atoms with Gasteiger partial charge in [0.2, 0.25) is 0 Å². The number of carbonyl (C=O) groups is 1. The Morgan fingerprint density at radius 1 is 1.73 bits per heavy atom. The molecule has 15 heavy (non-hydrogen) atoms. The van der Waals surface area contributed by atoms with Crippen LogP contribution in [-0.2, 0) is 23.0 Å². The number of hydrogen-bond donors (Lipinski definition) is 0. The van der Waals surface area contributed by atoms with Gasteiger partial charge in [-0.3, -0.25) is 4.79 Å². The number of ketones is 1. The first-order valence-electron chi connectivity index (χ1n) is 5.13. The third-order valence-electron chi connectivity index (χ3n) is 2.80. The van der Waals surface area contributed by atoms with Gasteiger partial charge in [-0.25, -0.2) is 0 Å². The van der Waals surface area contributed by atoms with Gasteiger partial charge in [0.25, 0.3) is 0 Å². The summed E-state index contributed by atoms with van der Waals surface area (Å²) in [6, 6.07) is 0. The molecule has 0 radical (unpaired) electrons. The van der Waals surface area contributed by atoms with E-state index in [4.69, 9.17) is 4.74 Å². The number of aromatic nitrogens is 3. The molecule has 1 aromatic heterocycles. The molecule has 5 nitrogen and oxygen atoms in total. The molecule has 5 heteroatoms. The number of nitrogens with zero attached hydrogens (tertiary/aromatic N) is 3. The smallest absolute Gasteiger partial charge is 0.170 e. The quantitative estimate of drug-likeness (QED) is 0.727. The van der Waals surface area contributed by atoms with Gasteiger partial charge >= 0.3 is 0 Å². The van der Waals surface area contributed by atoms with E-state index in [1.807, 2.05) is 6.92 Å². The summed E-state index contributed by atoms with van der Waals surface area (Å²) in [7, 11) is 1.74. The molecule has 0 aromatic carbocycles. The Morgan fingerprint density at radius 2 is 2.53 bits per heavy atom. The summed E-state index contributed by atoms with van der Waals surface area (Å²) in [6.45, 7) is 2.54. The second kappa shape index (κ2) is 3.73. The number of rotatable bonds is 3. The van der Waals surface area contributed by atoms with Crippen molar-refractivity contribution in [1.82, 2.24) is 15.0 Å². The van der Waals surface area contributed by atoms with E-state index in [0.717, 1.165) is 12.8 Å². The lowest BCUT2D eigenvalue weighted by Gasteiger charge is -2.20. The summed E-state index contributed by atoms with van der Waals surface area (Å²) >= 11 is 0. The van der Waals surface area contributed by atoms with E-state index in [0.29, 0.717) is 18.7 Å². The van der Waals surface area contributed by atoms with Crippen molar-refractivity contribution >= 4 is 5.78 Å². The van der Waals surface area contributed by atoms with E-state index in [1.165, 1.54) is 4.80 Å². The molecule has 1 fully saturated rings. The van der Waals surface area contributed by atoms with E-state index >= 15 is 0 Å². The molecule has 0 spiro atoms. The summed E-state index contributed by atoms with van der Waals surface area (Å²) in [5.74, 6) is 0.0977. The van der Waals surface area contributed by atoms with Crippen LogP contribution < -0.4 is 0 Å². The summed E-state index contributed by atoms with van der Waals surface area (Å²) in [4.78, 5) is 13.4. The van der Waals surface area contributed by atoms with E-state index < -0.39 is 5.60 Å². The molecule has 2 heterocycles. The number of ether oxygens (including phenoxy) is 1. The fourth-order valence-corrected chi connectivity index (χ4v) is 1.82. The molecule has 0 aliphatic carbocycles. The molecule has 1 atom stereocenters. The zero-order chi connectivity index (χ0) is 10.9. The molecule has 0 N–H and O–H groups in total. The normalized spacial score (nSPS) is 25.7. The highest BCUT2D eigenvalue weighted by atomic mass is 16.5. The minimum Gasteiger partial charge on any atom is -0.367 e. The largest absolute Gasteiger partial charge is 0.367 e. The lowest BCUT2D eigenvalue weighted by atomic mass is 9.94. The van der Waals surface area contributed by atoms with Gasteiger partial charge in [0, 0.05) is 13.7 Å². The molecule has 2 rings (SSSR count). The maximum absolute atomic E-state index is 11.9. The predicted octanol–water partition coefficient (Wildman–Crippen LogP) is 0.496. The van der Waals surface area contributed by atoms with Crippen LogP contribution >= 0.6 is 0 Å². The summed E-state index contributed by atoms with van der Waals surface area (Å²) < 4.78 is 5.48. The molecule has 1 unspecified atom stereocenters. The Balaban J connectivity index is 2.03. The first kappa shape index (κ1) is 10.3. The van der Waals surface area contributed by atoms with Crippen molar-refractivity contribution in [3.05, 3.63) is 11.9 Å². The van der Waals surface area contributed by atoms with Gasteiger partial charge < -0.3 is 4.74 Å². The molecular formula is C10H15N3O2. The van der Waals surface area contributed by atoms with Gasteiger partial charge in [-0.15, -0.1) is 0 Å². The fraction of sp³-hybridized carbons (Fsp3) is 0.700. The fourth-order valence-electron chi connectivity index (χ4n) is 1.82. The Labute approximate surface area is 88.4 Å². The maximum Gasteiger partial charge on any atom is 0.170 e. The third kappa shape index (κ3) is 2.07. The van der Waals surface area contributed by atoms with E-state index in [1.54, 1.807) is 13.2 Å². The van der Waals surface area contributed by atoms with Crippen molar-refractivity contribution in [3.8, 4) is 0 Å². The second-order valence-electron chi connectivity index (χ2n) is 4.11. The van der Waals surface area contributed by atoms with Gasteiger partial charge in [-0.2, -0.15) is 15.0 Å². The van der Waals surface area contributed by atoms with Gasteiger partial charge in [0.15, 0.2) is 5.78 Å². The number of Topliss-reactive ketones (excluding diaryl/α,β-unsaturated/α-hetero) is 1. The molecule has 0 bridgehead atoms. The topological polar surface area (TPSA) is 57.0 Å². The lowest BCUT2D eigenvalue weighted by Crippen LogP contribution is -2.35. The zero-order valence-corrected chi connectivity index (χ0v) is 9.06. The van der Waals surface area contributed by atoms with Crippen molar-refractivity contribution in [2.45, 2.75) is 31.8 Å². The van der Waals surface area contributed by atoms with Crippen LogP contribution in [-0.4, -0.2) is 33.0 Å². The highest BCUT2D eigenvalue weighted by Crippen LogP contribution is 2.26. The van der Waals surface area contributed by atoms with Crippen LogP contribution in [0.25, 0.3) is 0 Å². The Kier molecular flexibility index (Phi) is 2.56. The Bertz CT molecular complexity index is 366. The minimum atomic E-state index is -0.600. The van der Waals surface area contributed by atoms with Crippen LogP contribution in [0, 0.1) is 0 Å². The summed E-state index contributed by atoms with van der Waals surface area (Å²) in [5, 5.41) is 8.01.